The number of alkyl carbamates (subject to hydrolysis) is 1. The molecule has 2 heterocycles. The Labute approximate surface area is 447 Å². The summed E-state index contributed by atoms with van der Waals surface area (Å²) in [5.74, 6) is 1.47. The molecule has 1 aromatic heterocycles. The van der Waals surface area contributed by atoms with Crippen molar-refractivity contribution in [1.82, 2.24) is 19.5 Å². The fourth-order valence-electron chi connectivity index (χ4n) is 8.92. The molecule has 7 rings (SSSR count). The first-order valence-electron chi connectivity index (χ1n) is 25.6. The van der Waals surface area contributed by atoms with Crippen LogP contribution >= 0.6 is 8.53 Å². The first-order chi connectivity index (χ1) is 36.5. The molecule has 0 bridgehead atoms. The van der Waals surface area contributed by atoms with Crippen LogP contribution < -0.4 is 30.5 Å². The van der Waals surface area contributed by atoms with E-state index < -0.39 is 56.3 Å². The van der Waals surface area contributed by atoms with Crippen LogP contribution in [-0.2, 0) is 45.7 Å². The molecule has 0 radical (unpaired) electrons. The molecule has 5 atom stereocenters. The molecule has 16 nitrogen and oxygen atoms in total. The third kappa shape index (κ3) is 14.8. The lowest BCUT2D eigenvalue weighted by atomic mass is 9.80. The van der Waals surface area contributed by atoms with Gasteiger partial charge in [0.25, 0.3) is 14.4 Å². The van der Waals surface area contributed by atoms with Gasteiger partial charge in [0, 0.05) is 24.7 Å². The SMILES string of the molecule is COc1ccc(C(OC[C@H]2O[C@@H](n3ccc(NC(=O)COc4ccc(C(C)(C)C)cc4)nc3=O)C[C@@H]2OP(OC[C@H](C)NC(=O)OCc2ccccc2)N(C(C)C)C(C)C)(c2ccccc2)c2ccc(OC)cc2)cc1. The number of carbonyl (C=O) groups excluding carboxylic acids is 2. The van der Waals surface area contributed by atoms with Gasteiger partial charge >= 0.3 is 11.8 Å². The van der Waals surface area contributed by atoms with E-state index in [0.717, 1.165) is 27.8 Å². The monoisotopic (exact) mass is 1060 g/mol. The maximum absolute atomic E-state index is 14.0. The molecule has 6 aromatic rings. The number of rotatable bonds is 24. The van der Waals surface area contributed by atoms with Crippen LogP contribution in [0.2, 0.25) is 0 Å². The smallest absolute Gasteiger partial charge is 0.407 e. The average Bonchev–Trinajstić information content (AvgIpc) is 3.83. The summed E-state index contributed by atoms with van der Waals surface area (Å²) in [7, 11) is 1.40. The van der Waals surface area contributed by atoms with Gasteiger partial charge in [0.2, 0.25) is 0 Å². The minimum atomic E-state index is -1.85. The quantitative estimate of drug-likeness (QED) is 0.0434. The second kappa shape index (κ2) is 26.4. The Morgan fingerprint density at radius 3 is 1.86 bits per heavy atom. The number of hydrogen-bond donors (Lipinski definition) is 2. The molecule has 1 aliphatic heterocycles. The second-order valence-corrected chi connectivity index (χ2v) is 21.6. The van der Waals surface area contributed by atoms with E-state index in [0.29, 0.717) is 17.2 Å². The number of hydrogen-bond acceptors (Lipinski definition) is 13. The molecule has 76 heavy (non-hydrogen) atoms. The van der Waals surface area contributed by atoms with Crippen LogP contribution in [0.25, 0.3) is 0 Å². The Morgan fingerprint density at radius 1 is 0.750 bits per heavy atom. The largest absolute Gasteiger partial charge is 0.497 e. The summed E-state index contributed by atoms with van der Waals surface area (Å²) in [4.78, 5) is 44.3. The summed E-state index contributed by atoms with van der Waals surface area (Å²) in [6, 6.07) is 43.5. The van der Waals surface area contributed by atoms with Crippen LogP contribution in [0.5, 0.6) is 17.2 Å². The lowest BCUT2D eigenvalue weighted by molar-refractivity contribution is -0.118. The molecule has 404 valence electrons. The fraction of sp³-hybridized carbons (Fsp3) is 0.390. The minimum Gasteiger partial charge on any atom is -0.497 e. The second-order valence-electron chi connectivity index (χ2n) is 20.1. The van der Waals surface area contributed by atoms with Gasteiger partial charge in [-0.3, -0.25) is 9.36 Å². The van der Waals surface area contributed by atoms with Crippen molar-refractivity contribution < 1.29 is 47.1 Å². The van der Waals surface area contributed by atoms with Gasteiger partial charge in [0.05, 0.1) is 39.6 Å². The molecule has 0 spiro atoms. The number of benzene rings is 5. The van der Waals surface area contributed by atoms with E-state index in [1.54, 1.807) is 26.5 Å². The van der Waals surface area contributed by atoms with Crippen LogP contribution in [0, 0.1) is 0 Å². The zero-order chi connectivity index (χ0) is 54.4. The van der Waals surface area contributed by atoms with Crippen LogP contribution in [0.4, 0.5) is 10.6 Å². The highest BCUT2D eigenvalue weighted by molar-refractivity contribution is 7.44. The lowest BCUT2D eigenvalue weighted by Crippen LogP contribution is -2.40. The molecule has 1 unspecified atom stereocenters. The van der Waals surface area contributed by atoms with E-state index in [4.69, 9.17) is 37.5 Å². The van der Waals surface area contributed by atoms with Crippen molar-refractivity contribution in [1.29, 1.82) is 0 Å². The topological polar surface area (TPSA) is 170 Å². The zero-order valence-corrected chi connectivity index (χ0v) is 46.0. The number of anilines is 1. The summed E-state index contributed by atoms with van der Waals surface area (Å²) in [6.45, 7) is 16.4. The average molecular weight is 1060 g/mol. The van der Waals surface area contributed by atoms with Gasteiger partial charge in [-0.2, -0.15) is 4.98 Å². The van der Waals surface area contributed by atoms with Crippen LogP contribution in [0.1, 0.15) is 95.9 Å². The zero-order valence-electron chi connectivity index (χ0n) is 45.1. The number of methoxy groups -OCH3 is 2. The van der Waals surface area contributed by atoms with Crippen LogP contribution in [0.3, 0.4) is 0 Å². The molecule has 17 heteroatoms. The van der Waals surface area contributed by atoms with Crippen LogP contribution in [0.15, 0.2) is 151 Å². The van der Waals surface area contributed by atoms with Gasteiger partial charge in [-0.15, -0.1) is 0 Å². The number of aromatic nitrogens is 2. The number of amides is 2. The normalized spacial score (nSPS) is 16.6. The summed E-state index contributed by atoms with van der Waals surface area (Å²) in [5, 5.41) is 5.57. The number of nitrogens with one attached hydrogen (secondary N) is 2. The molecule has 5 aromatic carbocycles. The Balaban J connectivity index is 1.18. The summed E-state index contributed by atoms with van der Waals surface area (Å²) in [6.07, 6.45) is -1.21. The van der Waals surface area contributed by atoms with E-state index in [-0.39, 0.29) is 56.2 Å². The summed E-state index contributed by atoms with van der Waals surface area (Å²) >= 11 is 0. The molecule has 1 aliphatic rings. The number of ether oxygens (including phenoxy) is 6. The molecule has 2 N–H and O–H groups in total. The minimum absolute atomic E-state index is 0.0251. The highest BCUT2D eigenvalue weighted by Crippen LogP contribution is 2.51. The van der Waals surface area contributed by atoms with E-state index in [1.807, 2.05) is 140 Å². The van der Waals surface area contributed by atoms with E-state index in [2.05, 4.69) is 68.8 Å². The molecule has 2 amide bonds. The van der Waals surface area contributed by atoms with Crippen LogP contribution in [-0.4, -0.2) is 90.6 Å². The van der Waals surface area contributed by atoms with Gasteiger partial charge in [-0.25, -0.2) is 14.3 Å². The van der Waals surface area contributed by atoms with Gasteiger partial charge in [0.1, 0.15) is 47.6 Å². The van der Waals surface area contributed by atoms with E-state index >= 15 is 0 Å². The predicted octanol–water partition coefficient (Wildman–Crippen LogP) is 10.9. The van der Waals surface area contributed by atoms with Crippen molar-refractivity contribution in [2.75, 3.05) is 39.4 Å². The van der Waals surface area contributed by atoms with Crippen molar-refractivity contribution in [2.24, 2.45) is 0 Å². The first kappa shape index (κ1) is 57.1. The Hall–Kier alpha value is -6.65. The van der Waals surface area contributed by atoms with Crippen molar-refractivity contribution in [2.45, 2.75) is 116 Å². The molecule has 1 fully saturated rings. The first-order valence-corrected chi connectivity index (χ1v) is 26.7. The third-order valence-corrected chi connectivity index (χ3v) is 14.9. The summed E-state index contributed by atoms with van der Waals surface area (Å²) in [5.41, 5.74) is 2.60. The van der Waals surface area contributed by atoms with Gasteiger partial charge in [-0.05, 0) is 110 Å². The van der Waals surface area contributed by atoms with E-state index in [9.17, 15) is 14.4 Å². The molecular weight excluding hydrogens is 986 g/mol. The Morgan fingerprint density at radius 2 is 1.30 bits per heavy atom. The van der Waals surface area contributed by atoms with Gasteiger partial charge in [0.15, 0.2) is 6.61 Å². The maximum Gasteiger partial charge on any atom is 0.407 e. The Bertz CT molecular complexity index is 2770. The molecule has 0 aliphatic carbocycles. The van der Waals surface area contributed by atoms with Crippen molar-refractivity contribution in [3.63, 3.8) is 0 Å². The summed E-state index contributed by atoms with van der Waals surface area (Å²) < 4.78 is 54.1. The van der Waals surface area contributed by atoms with Gasteiger partial charge in [-0.1, -0.05) is 118 Å². The fourth-order valence-corrected chi connectivity index (χ4v) is 10.8. The third-order valence-electron chi connectivity index (χ3n) is 12.8. The lowest BCUT2D eigenvalue weighted by Gasteiger charge is -2.39. The standard InChI is InChI=1S/C59H72N5O11P/c1-40(2)64(41(3)4)76(73-36-42(5)60-57(67)71-37-43-17-13-11-14-18-43)75-51-35-55(63-34-33-53(62-56(63)66)61-54(65)39-70-50-31-21-44(22-32-50)58(6,7)8)74-52(51)38-72-59(45-19-15-12-16-20-45,46-23-27-48(68-9)28-24-46)47-25-29-49(69-10)30-26-47/h11-34,40-42,51-52,55H,35-39H2,1-10H3,(H,60,67)(H,61,62,65,66)/t42-,51-,52+,55+,76?/m0/s1. The highest BCUT2D eigenvalue weighted by Gasteiger charge is 2.45. The van der Waals surface area contributed by atoms with E-state index in [1.165, 1.54) is 4.57 Å². The highest BCUT2D eigenvalue weighted by atomic mass is 31.2. The number of nitrogens with zero attached hydrogens (tertiary/aromatic N) is 3. The van der Waals surface area contributed by atoms with Crippen molar-refractivity contribution >= 4 is 26.3 Å². The van der Waals surface area contributed by atoms with Crippen molar-refractivity contribution in [3.05, 3.63) is 184 Å². The maximum atomic E-state index is 14.0. The number of carbonyl (C=O) groups is 2. The molecule has 0 saturated carbocycles. The van der Waals surface area contributed by atoms with Crippen molar-refractivity contribution in [3.8, 4) is 17.2 Å². The Kier molecular flexibility index (Phi) is 19.8. The molecular formula is C59H72N5O11P. The predicted molar refractivity (Wildman–Crippen MR) is 294 cm³/mol. The molecule has 1 saturated heterocycles. The van der Waals surface area contributed by atoms with Gasteiger partial charge < -0.3 is 48.1 Å².